The summed E-state index contributed by atoms with van der Waals surface area (Å²) in [5.41, 5.74) is 1.44. The predicted octanol–water partition coefficient (Wildman–Crippen LogP) is 9.64. The molecule has 0 fully saturated rings. The van der Waals surface area contributed by atoms with Crippen LogP contribution in [0.2, 0.25) is 0 Å². The van der Waals surface area contributed by atoms with Crippen LogP contribution < -0.4 is 10.2 Å². The number of carboxylic acids is 2. The van der Waals surface area contributed by atoms with Gasteiger partial charge in [-0.05, 0) is 36.8 Å². The normalized spacial score (nSPS) is 9.72. The third-order valence-corrected chi connectivity index (χ3v) is 6.95. The molecule has 1 rings (SSSR count). The molecule has 0 heterocycles. The van der Waals surface area contributed by atoms with E-state index in [1.807, 2.05) is 12.1 Å². The summed E-state index contributed by atoms with van der Waals surface area (Å²) in [7, 11) is 0. The van der Waals surface area contributed by atoms with Crippen molar-refractivity contribution in [2.45, 2.75) is 182 Å². The van der Waals surface area contributed by atoms with Gasteiger partial charge in [0, 0.05) is 5.97 Å². The average Bonchev–Trinajstić information content (AvgIpc) is 3.00. The van der Waals surface area contributed by atoms with Crippen molar-refractivity contribution in [3.05, 3.63) is 49.2 Å². The van der Waals surface area contributed by atoms with Crippen molar-refractivity contribution in [1.29, 1.82) is 0 Å². The summed E-state index contributed by atoms with van der Waals surface area (Å²) in [6, 6.07) is 6.89. The van der Waals surface area contributed by atoms with E-state index in [9.17, 15) is 19.8 Å². The van der Waals surface area contributed by atoms with Crippen molar-refractivity contribution in [2.24, 2.45) is 0 Å². The fraction of sp³-hybridized carbons (Fsp3) is 0.737. The molecule has 4 radical (unpaired) electrons. The van der Waals surface area contributed by atoms with E-state index in [4.69, 9.17) is 0 Å². The van der Waals surface area contributed by atoms with E-state index in [2.05, 4.69) is 41.5 Å². The van der Waals surface area contributed by atoms with E-state index >= 15 is 0 Å². The van der Waals surface area contributed by atoms with Crippen LogP contribution in [0.5, 0.6) is 0 Å². The van der Waals surface area contributed by atoms with Crippen LogP contribution in [0.15, 0.2) is 24.3 Å². The zero-order valence-electron chi connectivity index (χ0n) is 28.8. The Morgan fingerprint density at radius 1 is 0.535 bits per heavy atom. The standard InChI is InChI=1S/C19H38O2.C11H14O2.2C4H9.Sn/c1-2-3-4-5-6-7-8-9-10-11-12-13-14-15-16-17-18-19(20)21;1-2-3-4-9-5-7-10(8-6-9)11(12)13;2*1-3-4-2;/h2-18H2,1H3,(H,20,21);5-8H,2-4H2,1H3,(H,12,13);2*1,3-4H2,2H3;/q;;;;+2/p-2. The van der Waals surface area contributed by atoms with Crippen molar-refractivity contribution in [3.63, 3.8) is 0 Å². The molecule has 0 bridgehead atoms. The van der Waals surface area contributed by atoms with Gasteiger partial charge in [-0.1, -0.05) is 194 Å². The first kappa shape index (κ1) is 48.9. The van der Waals surface area contributed by atoms with Gasteiger partial charge in [0.1, 0.15) is 0 Å². The van der Waals surface area contributed by atoms with Crippen LogP contribution in [-0.4, -0.2) is 35.8 Å². The van der Waals surface area contributed by atoms with Gasteiger partial charge in [-0.2, -0.15) is 0 Å². The minimum absolute atomic E-state index is 0. The first-order valence-electron chi connectivity index (χ1n) is 17.4. The molecule has 0 aliphatic rings. The zero-order chi connectivity index (χ0) is 32.1. The van der Waals surface area contributed by atoms with Crippen LogP contribution in [-0.2, 0) is 11.2 Å². The minimum atomic E-state index is -1.11. The van der Waals surface area contributed by atoms with Crippen LogP contribution in [0.1, 0.15) is 191 Å². The van der Waals surface area contributed by atoms with Gasteiger partial charge in [-0.3, -0.25) is 0 Å². The van der Waals surface area contributed by atoms with E-state index in [0.717, 1.165) is 44.9 Å². The van der Waals surface area contributed by atoms with Crippen molar-refractivity contribution < 1.29 is 19.8 Å². The second-order valence-electron chi connectivity index (χ2n) is 11.2. The number of rotatable bonds is 23. The Bertz CT molecular complexity index is 652. The number of carbonyl (C=O) groups is 2. The van der Waals surface area contributed by atoms with Crippen LogP contribution in [0.3, 0.4) is 0 Å². The second kappa shape index (κ2) is 43.1. The SMILES string of the molecule is CCCCCCCCCCCCCCCCCCC(=O)[O-].CCCCc1ccc(C(=O)[O-])cc1.[CH2]CCC.[CH2]CCC.[Sn+2]. The summed E-state index contributed by atoms with van der Waals surface area (Å²) >= 11 is 0. The number of aliphatic carboxylic acids is 1. The topological polar surface area (TPSA) is 80.3 Å². The van der Waals surface area contributed by atoms with Gasteiger partial charge < -0.3 is 19.8 Å². The Morgan fingerprint density at radius 2 is 0.860 bits per heavy atom. The van der Waals surface area contributed by atoms with Gasteiger partial charge in [0.2, 0.25) is 0 Å². The maximum absolute atomic E-state index is 10.4. The summed E-state index contributed by atoms with van der Waals surface area (Å²) in [4.78, 5) is 20.7. The van der Waals surface area contributed by atoms with Gasteiger partial charge >= 0.3 is 23.9 Å². The molecule has 0 N–H and O–H groups in total. The zero-order valence-corrected chi connectivity index (χ0v) is 31.7. The van der Waals surface area contributed by atoms with Gasteiger partial charge in [0.05, 0.1) is 5.97 Å². The van der Waals surface area contributed by atoms with E-state index in [1.165, 1.54) is 108 Å². The van der Waals surface area contributed by atoms with Gasteiger partial charge in [0.25, 0.3) is 0 Å². The molecule has 0 aromatic heterocycles. The van der Waals surface area contributed by atoms with Crippen molar-refractivity contribution in [1.82, 2.24) is 0 Å². The largest absolute Gasteiger partial charge is 2.00 e. The smallest absolute Gasteiger partial charge is 0.550 e. The number of unbranched alkanes of at least 4 members (excludes halogenated alkanes) is 18. The average molecular weight is 708 g/mol. The molecule has 43 heavy (non-hydrogen) atoms. The second-order valence-corrected chi connectivity index (χ2v) is 11.2. The Kier molecular flexibility index (Phi) is 49.0. The molecule has 0 saturated heterocycles. The Labute approximate surface area is 285 Å². The van der Waals surface area contributed by atoms with E-state index in [0.29, 0.717) is 0 Å². The Balaban J connectivity index is -0.000000292. The van der Waals surface area contributed by atoms with Crippen LogP contribution in [0, 0.1) is 13.8 Å². The fourth-order valence-corrected chi connectivity index (χ4v) is 4.01. The molecule has 0 amide bonds. The molecule has 0 aliphatic carbocycles. The summed E-state index contributed by atoms with van der Waals surface area (Å²) in [6.45, 7) is 15.9. The summed E-state index contributed by atoms with van der Waals surface area (Å²) < 4.78 is 0. The molecule has 5 heteroatoms. The van der Waals surface area contributed by atoms with E-state index in [-0.39, 0.29) is 35.9 Å². The minimum Gasteiger partial charge on any atom is -0.550 e. The van der Waals surface area contributed by atoms with E-state index < -0.39 is 11.9 Å². The molecule has 0 spiro atoms. The van der Waals surface area contributed by atoms with Crippen LogP contribution in [0.25, 0.3) is 0 Å². The van der Waals surface area contributed by atoms with Crippen LogP contribution in [0.4, 0.5) is 0 Å². The van der Waals surface area contributed by atoms with Crippen molar-refractivity contribution in [2.75, 3.05) is 0 Å². The Hall–Kier alpha value is -1.04. The third-order valence-electron chi connectivity index (χ3n) is 6.95. The Morgan fingerprint density at radius 3 is 1.14 bits per heavy atom. The number of aromatic carboxylic acids is 1. The molecule has 0 saturated carbocycles. The summed E-state index contributed by atoms with van der Waals surface area (Å²) in [5.74, 6) is -2.01. The molecule has 1 aromatic rings. The third kappa shape index (κ3) is 45.5. The number of hydrogen-bond donors (Lipinski definition) is 0. The number of benzene rings is 1. The molecule has 1 aromatic carbocycles. The molecule has 0 atom stereocenters. The first-order valence-corrected chi connectivity index (χ1v) is 17.4. The number of carbonyl (C=O) groups excluding carboxylic acids is 2. The van der Waals surface area contributed by atoms with Gasteiger partial charge in [-0.15, -0.1) is 0 Å². The maximum Gasteiger partial charge on any atom is 2.00 e. The number of carboxylic acid groups (broad SMARTS) is 2. The van der Waals surface area contributed by atoms with Crippen molar-refractivity contribution in [3.8, 4) is 0 Å². The quantitative estimate of drug-likeness (QED) is 0.0839. The van der Waals surface area contributed by atoms with Crippen LogP contribution >= 0.6 is 0 Å². The number of hydrogen-bond acceptors (Lipinski definition) is 4. The summed E-state index contributed by atoms with van der Waals surface area (Å²) in [6.07, 6.45) is 29.2. The molecule has 0 unspecified atom stereocenters. The predicted molar refractivity (Wildman–Crippen MR) is 185 cm³/mol. The van der Waals surface area contributed by atoms with Gasteiger partial charge in [0.15, 0.2) is 0 Å². The van der Waals surface area contributed by atoms with Crippen molar-refractivity contribution >= 4 is 35.8 Å². The van der Waals surface area contributed by atoms with Gasteiger partial charge in [-0.25, -0.2) is 0 Å². The molecular weight excluding hydrogens is 639 g/mol. The van der Waals surface area contributed by atoms with E-state index in [1.54, 1.807) is 12.1 Å². The molecule has 0 aliphatic heterocycles. The summed E-state index contributed by atoms with van der Waals surface area (Å²) in [5, 5.41) is 20.7. The number of aryl methyl sites for hydroxylation is 1. The first-order chi connectivity index (χ1) is 20.3. The maximum atomic E-state index is 10.4. The fourth-order valence-electron chi connectivity index (χ4n) is 4.01. The molecule has 248 valence electrons. The monoisotopic (exact) mass is 708 g/mol. The molecule has 4 nitrogen and oxygen atoms in total. The molecular formula is C38H68O4Sn.